The first-order chi connectivity index (χ1) is 17.5. The van der Waals surface area contributed by atoms with Crippen LogP contribution in [0.25, 0.3) is 0 Å². The van der Waals surface area contributed by atoms with E-state index in [-0.39, 0.29) is 29.0 Å². The standard InChI is InChI=1S/C32H48F2O3/c1-5-21-25-17-20(35)11-13-32(25,4)24-12-14-31(3)22(9-10-23(31)28(24)29(21)36)18(2)7-6-8-19-15-26(33)30(37)27(34)16-19/h15-16,18,20-25,28-29,35-37H,5-14,17H2,1-4H3/t18-,20-,21-,22-,23?,24+,25+,28?,29-,31-,32-/m1/s1. The van der Waals surface area contributed by atoms with Crippen LogP contribution in [0.4, 0.5) is 8.78 Å². The molecule has 37 heavy (non-hydrogen) atoms. The molecule has 4 aliphatic carbocycles. The Kier molecular flexibility index (Phi) is 7.46. The maximum atomic E-state index is 13.8. The molecule has 0 saturated heterocycles. The quantitative estimate of drug-likeness (QED) is 0.372. The zero-order valence-corrected chi connectivity index (χ0v) is 23.2. The summed E-state index contributed by atoms with van der Waals surface area (Å²) in [6.07, 6.45) is 10.6. The molecular weight excluding hydrogens is 470 g/mol. The normalized spacial score (nSPS) is 44.1. The Bertz CT molecular complexity index is 960. The zero-order valence-electron chi connectivity index (χ0n) is 23.2. The van der Waals surface area contributed by atoms with E-state index in [9.17, 15) is 24.1 Å². The predicted octanol–water partition coefficient (Wildman–Crippen LogP) is 7.26. The Morgan fingerprint density at radius 1 is 0.946 bits per heavy atom. The van der Waals surface area contributed by atoms with E-state index in [0.717, 1.165) is 38.5 Å². The van der Waals surface area contributed by atoms with Crippen molar-refractivity contribution in [3.8, 4) is 5.75 Å². The van der Waals surface area contributed by atoms with E-state index >= 15 is 0 Å². The molecule has 0 spiro atoms. The van der Waals surface area contributed by atoms with Gasteiger partial charge in [-0.1, -0.05) is 40.5 Å². The van der Waals surface area contributed by atoms with Gasteiger partial charge in [-0.2, -0.15) is 0 Å². The monoisotopic (exact) mass is 518 g/mol. The number of aliphatic hydroxyl groups is 2. The van der Waals surface area contributed by atoms with Gasteiger partial charge in [0.15, 0.2) is 17.4 Å². The molecule has 11 atom stereocenters. The van der Waals surface area contributed by atoms with Crippen LogP contribution in [-0.2, 0) is 6.42 Å². The molecule has 0 aliphatic heterocycles. The van der Waals surface area contributed by atoms with Gasteiger partial charge in [-0.3, -0.25) is 0 Å². The highest BCUT2D eigenvalue weighted by Crippen LogP contribution is 2.69. The lowest BCUT2D eigenvalue weighted by Crippen LogP contribution is -2.62. The van der Waals surface area contributed by atoms with E-state index in [1.54, 1.807) is 0 Å². The summed E-state index contributed by atoms with van der Waals surface area (Å²) in [5, 5.41) is 31.7. The van der Waals surface area contributed by atoms with E-state index < -0.39 is 17.4 Å². The number of phenolic OH excluding ortho intramolecular Hbond substituents is 1. The molecule has 3 N–H and O–H groups in total. The van der Waals surface area contributed by atoms with Gasteiger partial charge >= 0.3 is 0 Å². The number of benzene rings is 1. The summed E-state index contributed by atoms with van der Waals surface area (Å²) in [5.74, 6) is 0.641. The number of hydrogen-bond acceptors (Lipinski definition) is 3. The van der Waals surface area contributed by atoms with Gasteiger partial charge in [0.2, 0.25) is 0 Å². The number of fused-ring (bicyclic) bond motifs is 5. The molecule has 0 heterocycles. The van der Waals surface area contributed by atoms with Crippen molar-refractivity contribution in [1.29, 1.82) is 0 Å². The number of hydrogen-bond donors (Lipinski definition) is 3. The first-order valence-electron chi connectivity index (χ1n) is 15.0. The van der Waals surface area contributed by atoms with Crippen LogP contribution in [0, 0.1) is 63.9 Å². The van der Waals surface area contributed by atoms with Crippen LogP contribution in [0.1, 0.15) is 97.5 Å². The van der Waals surface area contributed by atoms with Gasteiger partial charge in [0, 0.05) is 0 Å². The summed E-state index contributed by atoms with van der Waals surface area (Å²) in [5.41, 5.74) is 1.06. The molecular formula is C32H48F2O3. The lowest BCUT2D eigenvalue weighted by atomic mass is 9.41. The van der Waals surface area contributed by atoms with Gasteiger partial charge in [0.05, 0.1) is 12.2 Å². The van der Waals surface area contributed by atoms with Crippen molar-refractivity contribution in [2.45, 2.75) is 111 Å². The van der Waals surface area contributed by atoms with Crippen molar-refractivity contribution in [1.82, 2.24) is 0 Å². The molecule has 208 valence electrons. The molecule has 4 fully saturated rings. The molecule has 4 saturated carbocycles. The Morgan fingerprint density at radius 2 is 1.59 bits per heavy atom. The fourth-order valence-corrected chi connectivity index (χ4v) is 10.5. The molecule has 0 aromatic heterocycles. The Hall–Kier alpha value is -1.20. The van der Waals surface area contributed by atoms with E-state index in [2.05, 4.69) is 27.7 Å². The van der Waals surface area contributed by atoms with E-state index in [1.807, 2.05) is 0 Å². The zero-order chi connectivity index (χ0) is 26.7. The highest BCUT2D eigenvalue weighted by Gasteiger charge is 2.64. The third kappa shape index (κ3) is 4.44. The summed E-state index contributed by atoms with van der Waals surface area (Å²) in [6.45, 7) is 9.57. The van der Waals surface area contributed by atoms with Crippen LogP contribution >= 0.6 is 0 Å². The van der Waals surface area contributed by atoms with Crippen molar-refractivity contribution >= 4 is 0 Å². The Balaban J connectivity index is 1.29. The molecule has 0 amide bonds. The predicted molar refractivity (Wildman–Crippen MR) is 142 cm³/mol. The molecule has 0 radical (unpaired) electrons. The number of halogens is 2. The maximum Gasteiger partial charge on any atom is 0.187 e. The average Bonchev–Trinajstić information content (AvgIpc) is 3.21. The van der Waals surface area contributed by atoms with E-state index in [1.165, 1.54) is 37.8 Å². The number of phenols is 1. The molecule has 3 nitrogen and oxygen atoms in total. The summed E-state index contributed by atoms with van der Waals surface area (Å²) in [6, 6.07) is 2.51. The molecule has 4 aliphatic rings. The topological polar surface area (TPSA) is 60.7 Å². The minimum atomic E-state index is -0.891. The first kappa shape index (κ1) is 27.4. The minimum absolute atomic E-state index is 0.212. The second-order valence-electron chi connectivity index (χ2n) is 13.9. The molecule has 5 heteroatoms. The van der Waals surface area contributed by atoms with Gasteiger partial charge < -0.3 is 15.3 Å². The highest BCUT2D eigenvalue weighted by atomic mass is 19.1. The second kappa shape index (κ2) is 10.1. The van der Waals surface area contributed by atoms with Crippen LogP contribution in [0.5, 0.6) is 5.75 Å². The van der Waals surface area contributed by atoms with Crippen LogP contribution in [-0.4, -0.2) is 27.5 Å². The van der Waals surface area contributed by atoms with E-state index in [4.69, 9.17) is 0 Å². The number of aromatic hydroxyl groups is 1. The average molecular weight is 519 g/mol. The summed E-state index contributed by atoms with van der Waals surface area (Å²) in [7, 11) is 0. The minimum Gasteiger partial charge on any atom is -0.503 e. The van der Waals surface area contributed by atoms with Crippen LogP contribution < -0.4 is 0 Å². The Labute approximate surface area is 222 Å². The smallest absolute Gasteiger partial charge is 0.187 e. The van der Waals surface area contributed by atoms with Crippen LogP contribution in [0.3, 0.4) is 0 Å². The second-order valence-corrected chi connectivity index (χ2v) is 13.9. The summed E-state index contributed by atoms with van der Waals surface area (Å²) >= 11 is 0. The Morgan fingerprint density at radius 3 is 2.27 bits per heavy atom. The first-order valence-corrected chi connectivity index (χ1v) is 15.0. The molecule has 0 bridgehead atoms. The van der Waals surface area contributed by atoms with Crippen LogP contribution in [0.2, 0.25) is 0 Å². The van der Waals surface area contributed by atoms with Gasteiger partial charge in [-0.05, 0) is 128 Å². The lowest BCUT2D eigenvalue weighted by molar-refractivity contribution is -0.203. The van der Waals surface area contributed by atoms with Crippen molar-refractivity contribution < 1.29 is 24.1 Å². The SMILES string of the molecule is CC[C@H]1[C@@H](O)C2C3CC[C@H]([C@H](C)CCCc4cc(F)c(O)c(F)c4)[C@@]3(C)CC[C@@H]2[C@@]2(C)CC[C@@H](O)C[C@@H]12. The van der Waals surface area contributed by atoms with Gasteiger partial charge in [-0.25, -0.2) is 8.78 Å². The third-order valence-corrected chi connectivity index (χ3v) is 12.4. The van der Waals surface area contributed by atoms with Crippen molar-refractivity contribution in [2.24, 2.45) is 52.3 Å². The van der Waals surface area contributed by atoms with Gasteiger partial charge in [-0.15, -0.1) is 0 Å². The lowest BCUT2D eigenvalue weighted by Gasteiger charge is -2.64. The van der Waals surface area contributed by atoms with Gasteiger partial charge in [0.1, 0.15) is 0 Å². The number of aryl methyl sites for hydroxylation is 1. The maximum absolute atomic E-state index is 13.8. The highest BCUT2D eigenvalue weighted by molar-refractivity contribution is 5.30. The third-order valence-electron chi connectivity index (χ3n) is 12.4. The molecule has 1 aromatic rings. The fraction of sp³-hybridized carbons (Fsp3) is 0.812. The van der Waals surface area contributed by atoms with Crippen molar-refractivity contribution in [3.05, 3.63) is 29.3 Å². The van der Waals surface area contributed by atoms with E-state index in [0.29, 0.717) is 47.5 Å². The van der Waals surface area contributed by atoms with Crippen LogP contribution in [0.15, 0.2) is 12.1 Å². The van der Waals surface area contributed by atoms with Crippen molar-refractivity contribution in [2.75, 3.05) is 0 Å². The number of rotatable bonds is 6. The fourth-order valence-electron chi connectivity index (χ4n) is 10.5. The molecule has 5 rings (SSSR count). The molecule has 1 aromatic carbocycles. The summed E-state index contributed by atoms with van der Waals surface area (Å²) in [4.78, 5) is 0. The summed E-state index contributed by atoms with van der Waals surface area (Å²) < 4.78 is 27.5. The van der Waals surface area contributed by atoms with Gasteiger partial charge in [0.25, 0.3) is 0 Å². The molecule has 2 unspecified atom stereocenters. The largest absolute Gasteiger partial charge is 0.503 e. The van der Waals surface area contributed by atoms with Crippen molar-refractivity contribution in [3.63, 3.8) is 0 Å². The number of aliphatic hydroxyl groups excluding tert-OH is 2.